The molecule has 0 atom stereocenters. The van der Waals surface area contributed by atoms with Crippen LogP contribution >= 0.6 is 11.3 Å². The highest BCUT2D eigenvalue weighted by Gasteiger charge is 2.23. The summed E-state index contributed by atoms with van der Waals surface area (Å²) in [4.78, 5) is 37.5. The minimum atomic E-state index is -3.87. The number of para-hydroxylation sites is 2. The van der Waals surface area contributed by atoms with Gasteiger partial charge in [0.2, 0.25) is 5.91 Å². The van der Waals surface area contributed by atoms with E-state index >= 15 is 0 Å². The number of carboxylic acids is 2. The molecule has 13 nitrogen and oxygen atoms in total. The zero-order chi connectivity index (χ0) is 45.9. The van der Waals surface area contributed by atoms with Crippen LogP contribution in [0, 0.1) is 6.92 Å². The number of carboxylic acid groups (broad SMARTS) is 2. The Labute approximate surface area is 376 Å². The third kappa shape index (κ3) is 12.6. The van der Waals surface area contributed by atoms with E-state index in [0.717, 1.165) is 70.0 Å². The second-order valence-electron chi connectivity index (χ2n) is 14.8. The fourth-order valence-electron chi connectivity index (χ4n) is 6.83. The number of rotatable bonds is 17. The number of thiazole rings is 1. The molecule has 1 heterocycles. The first-order valence-corrected chi connectivity index (χ1v) is 24.0. The molecule has 64 heavy (non-hydrogen) atoms. The third-order valence-corrected chi connectivity index (χ3v) is 14.5. The Morgan fingerprint density at radius 3 is 1.55 bits per heavy atom. The molecule has 1 amide bonds. The number of sulfonamides is 2. The van der Waals surface area contributed by atoms with Crippen LogP contribution in [-0.2, 0) is 50.5 Å². The summed E-state index contributed by atoms with van der Waals surface area (Å²) in [6, 6.07) is 40.9. The molecule has 330 valence electrons. The Balaban J connectivity index is 0.000000213. The molecule has 0 fully saturated rings. The summed E-state index contributed by atoms with van der Waals surface area (Å²) in [5.41, 5.74) is 5.71. The first-order chi connectivity index (χ1) is 30.6. The normalized spacial score (nSPS) is 11.3. The summed E-state index contributed by atoms with van der Waals surface area (Å²) in [5.74, 6) is -2.22. The number of hydrogen-bond acceptors (Lipinski definition) is 9. The van der Waals surface area contributed by atoms with E-state index in [1.165, 1.54) is 6.92 Å². The van der Waals surface area contributed by atoms with Crippen LogP contribution in [0.15, 0.2) is 149 Å². The van der Waals surface area contributed by atoms with Crippen molar-refractivity contribution in [3.05, 3.63) is 179 Å². The van der Waals surface area contributed by atoms with Crippen LogP contribution in [0.2, 0.25) is 0 Å². The van der Waals surface area contributed by atoms with Crippen molar-refractivity contribution in [2.75, 3.05) is 14.8 Å². The number of fused-ring (bicyclic) bond motifs is 1. The maximum atomic E-state index is 13.0. The van der Waals surface area contributed by atoms with Crippen molar-refractivity contribution in [1.82, 2.24) is 4.98 Å². The molecule has 0 bridgehead atoms. The van der Waals surface area contributed by atoms with Gasteiger partial charge in [-0.2, -0.15) is 0 Å². The summed E-state index contributed by atoms with van der Waals surface area (Å²) < 4.78 is 57.4. The lowest BCUT2D eigenvalue weighted by atomic mass is 10.0. The number of carbonyl (C=O) groups is 3. The Morgan fingerprint density at radius 2 is 1.05 bits per heavy atom. The Kier molecular flexibility index (Phi) is 15.3. The van der Waals surface area contributed by atoms with E-state index in [9.17, 15) is 31.2 Å². The Morgan fingerprint density at radius 1 is 0.578 bits per heavy atom. The van der Waals surface area contributed by atoms with Crippen molar-refractivity contribution in [3.8, 4) is 0 Å². The fraction of sp³-hybridized carbons (Fsp3) is 0.167. The van der Waals surface area contributed by atoms with E-state index in [1.54, 1.807) is 73.7 Å². The highest BCUT2D eigenvalue weighted by Crippen LogP contribution is 2.30. The standard InChI is InChI=1S/C26H23NO4S.C22H23N3O5S2/c28-26(29)22-14-12-19(13-15-22)6-5-10-21-8-3-4-11-25(21)27-32(30,31)24-17-16-20-7-1-2-9-23(20)18-24;1-14-21(31-22(23-14)24-15(2)26)32(29,30)25-19-9-4-3-7-17(19)8-5-6-16-10-12-18(13-11-16)20(27)28/h1-4,7-9,11-18,27H,5-6,10H2,(H,28,29);3-4,7,9-13,25H,5-6,8H2,1-2H3,(H,27,28)(H,23,24,26). The van der Waals surface area contributed by atoms with Crippen molar-refractivity contribution in [1.29, 1.82) is 0 Å². The number of aromatic nitrogens is 1. The minimum absolute atomic E-state index is 0.0505. The van der Waals surface area contributed by atoms with Crippen LogP contribution in [-0.4, -0.2) is 49.9 Å². The van der Waals surface area contributed by atoms with Crippen LogP contribution in [0.25, 0.3) is 10.8 Å². The molecule has 0 radical (unpaired) electrons. The van der Waals surface area contributed by atoms with Crippen LogP contribution in [0.4, 0.5) is 16.5 Å². The van der Waals surface area contributed by atoms with E-state index in [4.69, 9.17) is 10.2 Å². The van der Waals surface area contributed by atoms with Gasteiger partial charge in [0.15, 0.2) is 9.34 Å². The smallest absolute Gasteiger partial charge is 0.335 e. The van der Waals surface area contributed by atoms with Gasteiger partial charge < -0.3 is 15.5 Å². The zero-order valence-corrected chi connectivity index (χ0v) is 37.4. The number of aromatic carboxylic acids is 2. The lowest BCUT2D eigenvalue weighted by Gasteiger charge is -2.13. The number of amides is 1. The molecule has 7 aromatic rings. The van der Waals surface area contributed by atoms with E-state index in [-0.39, 0.29) is 31.3 Å². The number of nitrogens with zero attached hydrogens (tertiary/aromatic N) is 1. The molecule has 6 aromatic carbocycles. The van der Waals surface area contributed by atoms with Crippen LogP contribution in [0.3, 0.4) is 0 Å². The monoisotopic (exact) mass is 918 g/mol. The molecule has 0 saturated carbocycles. The first kappa shape index (κ1) is 46.6. The predicted octanol–water partition coefficient (Wildman–Crippen LogP) is 9.60. The zero-order valence-electron chi connectivity index (χ0n) is 34.9. The van der Waals surface area contributed by atoms with Gasteiger partial charge in [0.1, 0.15) is 0 Å². The highest BCUT2D eigenvalue weighted by molar-refractivity contribution is 7.94. The summed E-state index contributed by atoms with van der Waals surface area (Å²) in [5, 5.41) is 22.6. The van der Waals surface area contributed by atoms with Gasteiger partial charge in [-0.05, 0) is 127 Å². The number of benzene rings is 6. The summed E-state index contributed by atoms with van der Waals surface area (Å²) >= 11 is 0.903. The lowest BCUT2D eigenvalue weighted by Crippen LogP contribution is -2.14. The number of nitrogens with one attached hydrogen (secondary N) is 3. The van der Waals surface area contributed by atoms with Gasteiger partial charge in [-0.15, -0.1) is 0 Å². The van der Waals surface area contributed by atoms with Crippen molar-refractivity contribution < 1.29 is 41.4 Å². The van der Waals surface area contributed by atoms with Crippen molar-refractivity contribution in [2.45, 2.75) is 61.5 Å². The molecular formula is C48H46N4O9S3. The molecule has 0 saturated heterocycles. The van der Waals surface area contributed by atoms with Gasteiger partial charge in [0.05, 0.1) is 33.1 Å². The first-order valence-electron chi connectivity index (χ1n) is 20.2. The largest absolute Gasteiger partial charge is 0.478 e. The second kappa shape index (κ2) is 21.0. The molecule has 7 rings (SSSR count). The molecule has 0 aliphatic carbocycles. The minimum Gasteiger partial charge on any atom is -0.478 e. The van der Waals surface area contributed by atoms with Crippen LogP contribution in [0.1, 0.15) is 68.4 Å². The SMILES string of the molecule is CC(=O)Nc1nc(C)c(S(=O)(=O)Nc2ccccc2CCCc2ccc(C(=O)O)cc2)s1.O=C(O)c1ccc(CCCc2ccccc2NS(=O)(=O)c2ccc3ccccc3c2)cc1. The van der Waals surface area contributed by atoms with Crippen LogP contribution in [0.5, 0.6) is 0 Å². The van der Waals surface area contributed by atoms with Crippen LogP contribution < -0.4 is 14.8 Å². The number of hydrogen-bond donors (Lipinski definition) is 5. The Bertz CT molecular complexity index is 3010. The maximum Gasteiger partial charge on any atom is 0.335 e. The van der Waals surface area contributed by atoms with Gasteiger partial charge in [0, 0.05) is 6.92 Å². The fourth-order valence-corrected chi connectivity index (χ4v) is 10.5. The van der Waals surface area contributed by atoms with Crippen molar-refractivity contribution >= 4 is 76.5 Å². The van der Waals surface area contributed by atoms with E-state index in [0.29, 0.717) is 29.9 Å². The van der Waals surface area contributed by atoms with Gasteiger partial charge in [-0.1, -0.05) is 102 Å². The van der Waals surface area contributed by atoms with Gasteiger partial charge in [0.25, 0.3) is 20.0 Å². The molecule has 0 aliphatic rings. The molecule has 16 heteroatoms. The Hall–Kier alpha value is -6.88. The average Bonchev–Trinajstić information content (AvgIpc) is 3.65. The number of carbonyl (C=O) groups excluding carboxylic acids is 1. The van der Waals surface area contributed by atoms with Gasteiger partial charge in [-0.25, -0.2) is 31.4 Å². The quantitative estimate of drug-likeness (QED) is 0.0584. The molecule has 0 unspecified atom stereocenters. The molecular weight excluding hydrogens is 873 g/mol. The third-order valence-electron chi connectivity index (χ3n) is 10.1. The van der Waals surface area contributed by atoms with Gasteiger partial charge in [-0.3, -0.25) is 14.2 Å². The topological polar surface area (TPSA) is 209 Å². The van der Waals surface area contributed by atoms with Gasteiger partial charge >= 0.3 is 11.9 Å². The number of anilines is 3. The van der Waals surface area contributed by atoms with Crippen molar-refractivity contribution in [2.24, 2.45) is 0 Å². The molecule has 0 spiro atoms. The summed E-state index contributed by atoms with van der Waals surface area (Å²) in [6.45, 7) is 2.91. The molecule has 1 aromatic heterocycles. The average molecular weight is 919 g/mol. The van der Waals surface area contributed by atoms with E-state index in [2.05, 4.69) is 19.7 Å². The van der Waals surface area contributed by atoms with E-state index < -0.39 is 32.0 Å². The summed E-state index contributed by atoms with van der Waals surface area (Å²) in [7, 11) is -7.60. The second-order valence-corrected chi connectivity index (χ2v) is 19.4. The van der Waals surface area contributed by atoms with Crippen molar-refractivity contribution in [3.63, 3.8) is 0 Å². The highest BCUT2D eigenvalue weighted by atomic mass is 32.2. The summed E-state index contributed by atoms with van der Waals surface area (Å²) in [6.07, 6.45) is 4.40. The molecule has 0 aliphatic heterocycles. The van der Waals surface area contributed by atoms with E-state index in [1.807, 2.05) is 72.8 Å². The number of aryl methyl sites for hydroxylation is 5. The predicted molar refractivity (Wildman–Crippen MR) is 250 cm³/mol. The lowest BCUT2D eigenvalue weighted by molar-refractivity contribution is -0.114. The molecule has 5 N–H and O–H groups in total. The maximum absolute atomic E-state index is 13.0.